The third-order valence-electron chi connectivity index (χ3n) is 4.83. The van der Waals surface area contributed by atoms with E-state index in [4.69, 9.17) is 5.26 Å². The molecule has 1 saturated heterocycles. The van der Waals surface area contributed by atoms with Crippen LogP contribution in [0.3, 0.4) is 0 Å². The quantitative estimate of drug-likeness (QED) is 0.910. The van der Waals surface area contributed by atoms with Gasteiger partial charge in [0.05, 0.1) is 5.56 Å². The molecule has 5 heteroatoms. The van der Waals surface area contributed by atoms with Crippen molar-refractivity contribution in [2.24, 2.45) is 0 Å². The highest BCUT2D eigenvalue weighted by atomic mass is 15.2. The van der Waals surface area contributed by atoms with Crippen molar-refractivity contribution in [2.75, 3.05) is 18.0 Å². The number of pyridine rings is 2. The second-order valence-electron chi connectivity index (χ2n) is 6.82. The Morgan fingerprint density at radius 2 is 2.08 bits per heavy atom. The minimum Gasteiger partial charge on any atom is -0.357 e. The van der Waals surface area contributed by atoms with Crippen LogP contribution in [0.4, 0.5) is 5.82 Å². The Morgan fingerprint density at radius 3 is 2.72 bits per heavy atom. The largest absolute Gasteiger partial charge is 0.357 e. The normalized spacial score (nSPS) is 16.4. The average molecular weight is 335 g/mol. The number of nitriles is 1. The maximum Gasteiger partial charge on any atom is 0.128 e. The number of anilines is 1. The lowest BCUT2D eigenvalue weighted by molar-refractivity contribution is 0.373. The summed E-state index contributed by atoms with van der Waals surface area (Å²) in [5, 5.41) is 12.6. The molecule has 0 bridgehead atoms. The molecule has 1 atom stereocenters. The Kier molecular flexibility index (Phi) is 5.62. The zero-order valence-electron chi connectivity index (χ0n) is 14.9. The van der Waals surface area contributed by atoms with Crippen molar-refractivity contribution < 1.29 is 0 Å². The van der Waals surface area contributed by atoms with Gasteiger partial charge in [0.25, 0.3) is 0 Å². The van der Waals surface area contributed by atoms with Crippen molar-refractivity contribution in [2.45, 2.75) is 45.2 Å². The van der Waals surface area contributed by atoms with Gasteiger partial charge in [0, 0.05) is 49.7 Å². The smallest absolute Gasteiger partial charge is 0.128 e. The second-order valence-corrected chi connectivity index (χ2v) is 6.82. The van der Waals surface area contributed by atoms with Crippen LogP contribution in [0.1, 0.15) is 36.6 Å². The molecule has 25 heavy (non-hydrogen) atoms. The van der Waals surface area contributed by atoms with Gasteiger partial charge in [-0.2, -0.15) is 5.26 Å². The van der Waals surface area contributed by atoms with Gasteiger partial charge in [0.15, 0.2) is 0 Å². The number of nitrogens with one attached hydrogen (secondary N) is 1. The van der Waals surface area contributed by atoms with Gasteiger partial charge in [-0.1, -0.05) is 6.07 Å². The monoisotopic (exact) mass is 335 g/mol. The van der Waals surface area contributed by atoms with Crippen molar-refractivity contribution in [1.82, 2.24) is 15.3 Å². The lowest BCUT2D eigenvalue weighted by atomic mass is 10.0. The molecule has 1 aliphatic heterocycles. The van der Waals surface area contributed by atoms with E-state index in [-0.39, 0.29) is 0 Å². The van der Waals surface area contributed by atoms with E-state index in [0.717, 1.165) is 38.2 Å². The molecule has 0 amide bonds. The molecule has 0 saturated carbocycles. The number of aryl methyl sites for hydroxylation is 1. The fraction of sp³-hybridized carbons (Fsp3) is 0.450. The summed E-state index contributed by atoms with van der Waals surface area (Å²) in [6.07, 6.45) is 6.69. The molecule has 0 radical (unpaired) electrons. The predicted molar refractivity (Wildman–Crippen MR) is 99.5 cm³/mol. The Labute approximate surface area is 149 Å². The first-order valence-electron chi connectivity index (χ1n) is 8.93. The van der Waals surface area contributed by atoms with Gasteiger partial charge < -0.3 is 10.2 Å². The molecule has 130 valence electrons. The number of aromatic nitrogens is 2. The number of nitrogens with zero attached hydrogens (tertiary/aromatic N) is 4. The van der Waals surface area contributed by atoms with Crippen molar-refractivity contribution in [1.29, 1.82) is 5.26 Å². The Bertz CT molecular complexity index is 726. The molecule has 3 heterocycles. The van der Waals surface area contributed by atoms with Gasteiger partial charge in [0.2, 0.25) is 0 Å². The highest BCUT2D eigenvalue weighted by Gasteiger charge is 2.21. The SMILES string of the molecule is Cc1cccnc1CC(C)NC1CCN(c2ccc(C#N)cn2)CC1. The highest BCUT2D eigenvalue weighted by molar-refractivity contribution is 5.42. The molecule has 1 N–H and O–H groups in total. The average Bonchev–Trinajstić information content (AvgIpc) is 2.64. The highest BCUT2D eigenvalue weighted by Crippen LogP contribution is 2.18. The van der Waals surface area contributed by atoms with Crippen LogP contribution in [0.5, 0.6) is 0 Å². The van der Waals surface area contributed by atoms with Crippen molar-refractivity contribution >= 4 is 5.82 Å². The minimum absolute atomic E-state index is 0.415. The lowest BCUT2D eigenvalue weighted by Gasteiger charge is -2.34. The zero-order valence-corrected chi connectivity index (χ0v) is 14.9. The first-order valence-corrected chi connectivity index (χ1v) is 8.93. The van der Waals surface area contributed by atoms with Crippen LogP contribution >= 0.6 is 0 Å². The number of hydrogen-bond donors (Lipinski definition) is 1. The fourth-order valence-electron chi connectivity index (χ4n) is 3.40. The van der Waals surface area contributed by atoms with Crippen LogP contribution in [0, 0.1) is 18.3 Å². The van der Waals surface area contributed by atoms with Crippen molar-refractivity contribution in [3.8, 4) is 6.07 Å². The molecule has 1 fully saturated rings. The third kappa shape index (κ3) is 4.55. The molecule has 2 aromatic rings. The summed E-state index contributed by atoms with van der Waals surface area (Å²) in [6, 6.07) is 11.0. The summed E-state index contributed by atoms with van der Waals surface area (Å²) in [5.41, 5.74) is 3.05. The van der Waals surface area contributed by atoms with E-state index in [1.807, 2.05) is 24.4 Å². The first-order chi connectivity index (χ1) is 12.2. The van der Waals surface area contributed by atoms with Gasteiger partial charge in [-0.05, 0) is 50.5 Å². The summed E-state index contributed by atoms with van der Waals surface area (Å²) >= 11 is 0. The van der Waals surface area contributed by atoms with Gasteiger partial charge in [0.1, 0.15) is 11.9 Å². The molecular formula is C20H25N5. The molecule has 0 aliphatic carbocycles. The van der Waals surface area contributed by atoms with Gasteiger partial charge in [-0.25, -0.2) is 4.98 Å². The summed E-state index contributed by atoms with van der Waals surface area (Å²) in [4.78, 5) is 11.2. The van der Waals surface area contributed by atoms with Gasteiger partial charge in [-0.15, -0.1) is 0 Å². The molecule has 0 aromatic carbocycles. The number of rotatable bonds is 5. The Morgan fingerprint density at radius 1 is 1.28 bits per heavy atom. The van der Waals surface area contributed by atoms with E-state index in [9.17, 15) is 0 Å². The van der Waals surface area contributed by atoms with Crippen LogP contribution in [-0.2, 0) is 6.42 Å². The molecule has 0 spiro atoms. The standard InChI is InChI=1S/C20H25N5/c1-15-4-3-9-22-19(15)12-16(2)24-18-7-10-25(11-8-18)20-6-5-17(13-21)14-23-20/h3-6,9,14,16,18,24H,7-8,10-12H2,1-2H3. The third-order valence-corrected chi connectivity index (χ3v) is 4.83. The van der Waals surface area contributed by atoms with E-state index in [1.165, 1.54) is 11.3 Å². The van der Waals surface area contributed by atoms with Gasteiger partial charge in [-0.3, -0.25) is 4.98 Å². The molecule has 1 unspecified atom stereocenters. The van der Waals surface area contributed by atoms with E-state index in [2.05, 4.69) is 46.2 Å². The summed E-state index contributed by atoms with van der Waals surface area (Å²) in [5.74, 6) is 0.967. The lowest BCUT2D eigenvalue weighted by Crippen LogP contribution is -2.46. The fourth-order valence-corrected chi connectivity index (χ4v) is 3.40. The van der Waals surface area contributed by atoms with E-state index >= 15 is 0 Å². The van der Waals surface area contributed by atoms with Crippen molar-refractivity contribution in [3.63, 3.8) is 0 Å². The maximum absolute atomic E-state index is 8.86. The van der Waals surface area contributed by atoms with E-state index < -0.39 is 0 Å². The minimum atomic E-state index is 0.415. The second kappa shape index (κ2) is 8.09. The van der Waals surface area contributed by atoms with Crippen LogP contribution in [-0.4, -0.2) is 35.1 Å². The topological polar surface area (TPSA) is 64.8 Å². The molecule has 2 aromatic heterocycles. The first kappa shape index (κ1) is 17.4. The maximum atomic E-state index is 8.86. The summed E-state index contributed by atoms with van der Waals surface area (Å²) in [6.45, 7) is 6.35. The van der Waals surface area contributed by atoms with Crippen LogP contribution in [0.2, 0.25) is 0 Å². The number of hydrogen-bond acceptors (Lipinski definition) is 5. The van der Waals surface area contributed by atoms with E-state index in [1.54, 1.807) is 6.20 Å². The molecule has 5 nitrogen and oxygen atoms in total. The van der Waals surface area contributed by atoms with Gasteiger partial charge >= 0.3 is 0 Å². The summed E-state index contributed by atoms with van der Waals surface area (Å²) in [7, 11) is 0. The van der Waals surface area contributed by atoms with Crippen molar-refractivity contribution in [3.05, 3.63) is 53.5 Å². The van der Waals surface area contributed by atoms with Crippen LogP contribution in [0.25, 0.3) is 0 Å². The Hall–Kier alpha value is -2.45. The Balaban J connectivity index is 1.49. The summed E-state index contributed by atoms with van der Waals surface area (Å²) < 4.78 is 0. The molecular weight excluding hydrogens is 310 g/mol. The van der Waals surface area contributed by atoms with Crippen LogP contribution in [0.15, 0.2) is 36.7 Å². The number of piperidine rings is 1. The zero-order chi connectivity index (χ0) is 17.6. The molecule has 3 rings (SSSR count). The molecule has 1 aliphatic rings. The van der Waals surface area contributed by atoms with E-state index in [0.29, 0.717) is 17.6 Å². The van der Waals surface area contributed by atoms with Crippen LogP contribution < -0.4 is 10.2 Å². The predicted octanol–water partition coefficient (Wildman–Crippen LogP) is 2.85.